The van der Waals surface area contributed by atoms with Gasteiger partial charge >= 0.3 is 0 Å². The minimum atomic E-state index is -1.10. The van der Waals surface area contributed by atoms with Crippen LogP contribution >= 0.6 is 11.6 Å². The average Bonchev–Trinajstić information content (AvgIpc) is 3.76. The number of hydrogen-bond acceptors (Lipinski definition) is 12. The van der Waals surface area contributed by atoms with Crippen molar-refractivity contribution in [2.24, 2.45) is 11.3 Å². The molecule has 60 heavy (non-hydrogen) atoms. The molecule has 2 N–H and O–H groups in total. The van der Waals surface area contributed by atoms with Gasteiger partial charge in [0.1, 0.15) is 35.2 Å². The maximum atomic E-state index is 15.5. The summed E-state index contributed by atoms with van der Waals surface area (Å²) in [5.41, 5.74) is 1.19. The molecule has 0 bridgehead atoms. The van der Waals surface area contributed by atoms with Crippen LogP contribution in [0.3, 0.4) is 0 Å². The lowest BCUT2D eigenvalue weighted by molar-refractivity contribution is -0.136. The molecule has 1 unspecified atom stereocenters. The van der Waals surface area contributed by atoms with Gasteiger partial charge in [0.25, 0.3) is 17.7 Å². The standard InChI is InChI=1S/C43H45ClFN9O6/c44-32-15-29(4-1-26(32)18-46)60-28-5-2-27(3-6-28)49-39(56)34-19-48-37(20-47-34)53-23-43(24-53)11-14-51(22-43)21-25-9-12-52(13-10-25)36-17-31-30(16-33(36)45)41(58)54(42(31)59)35-7-8-38(55)50-40(35)57/h1,4,15-17,19-20,25,27-28,35H,2-3,5-14,21-24H2,(H,49,56)(H,50,55,57). The molecule has 2 aromatic carbocycles. The number of fused-ring (bicyclic) bond motifs is 1. The molecule has 1 aromatic heterocycles. The van der Waals surface area contributed by atoms with Crippen LogP contribution in [-0.2, 0) is 9.59 Å². The van der Waals surface area contributed by atoms with Gasteiger partial charge in [0, 0.05) is 63.2 Å². The number of rotatable bonds is 9. The number of nitriles is 1. The zero-order valence-electron chi connectivity index (χ0n) is 33.0. The number of anilines is 2. The van der Waals surface area contributed by atoms with Gasteiger partial charge in [0.05, 0.1) is 45.9 Å². The van der Waals surface area contributed by atoms with Crippen LogP contribution in [0.4, 0.5) is 15.9 Å². The van der Waals surface area contributed by atoms with Crippen molar-refractivity contribution >= 4 is 52.6 Å². The molecular formula is C43H45ClFN9O6. The summed E-state index contributed by atoms with van der Waals surface area (Å²) >= 11 is 6.15. The predicted octanol–water partition coefficient (Wildman–Crippen LogP) is 4.09. The maximum absolute atomic E-state index is 15.5. The third-order valence-electron chi connectivity index (χ3n) is 13.1. The largest absolute Gasteiger partial charge is 0.490 e. The maximum Gasteiger partial charge on any atom is 0.271 e. The highest BCUT2D eigenvalue weighted by Gasteiger charge is 2.49. The summed E-state index contributed by atoms with van der Waals surface area (Å²) in [4.78, 5) is 80.1. The second kappa shape index (κ2) is 16.1. The smallest absolute Gasteiger partial charge is 0.271 e. The highest BCUT2D eigenvalue weighted by molar-refractivity contribution is 6.31. The second-order valence-electron chi connectivity index (χ2n) is 17.1. The number of halogens is 2. The summed E-state index contributed by atoms with van der Waals surface area (Å²) in [6.45, 7) is 5.95. The monoisotopic (exact) mass is 837 g/mol. The van der Waals surface area contributed by atoms with E-state index in [-0.39, 0.29) is 58.8 Å². The fraction of sp³-hybridized carbons (Fsp3) is 0.488. The number of amides is 5. The van der Waals surface area contributed by atoms with E-state index in [0.29, 0.717) is 35.3 Å². The second-order valence-corrected chi connectivity index (χ2v) is 17.6. The first-order valence-electron chi connectivity index (χ1n) is 20.7. The van der Waals surface area contributed by atoms with Gasteiger partial charge in [-0.3, -0.25) is 34.2 Å². The van der Waals surface area contributed by atoms with Crippen molar-refractivity contribution in [1.82, 2.24) is 30.4 Å². The van der Waals surface area contributed by atoms with Gasteiger partial charge in [-0.1, -0.05) is 11.6 Å². The van der Waals surface area contributed by atoms with Crippen molar-refractivity contribution in [3.8, 4) is 11.8 Å². The molecule has 15 nitrogen and oxygen atoms in total. The van der Waals surface area contributed by atoms with Crippen LogP contribution in [0.2, 0.25) is 5.02 Å². The van der Waals surface area contributed by atoms with E-state index in [0.717, 1.165) is 94.5 Å². The summed E-state index contributed by atoms with van der Waals surface area (Å²) in [7, 11) is 0. The van der Waals surface area contributed by atoms with E-state index in [2.05, 4.69) is 30.4 Å². The van der Waals surface area contributed by atoms with Gasteiger partial charge in [-0.15, -0.1) is 0 Å². The lowest BCUT2D eigenvalue weighted by Gasteiger charge is -2.48. The Morgan fingerprint density at radius 2 is 1.68 bits per heavy atom. The van der Waals surface area contributed by atoms with Gasteiger partial charge in [-0.25, -0.2) is 14.4 Å². The molecule has 5 amide bonds. The van der Waals surface area contributed by atoms with E-state index in [1.165, 1.54) is 6.07 Å². The Labute approximate surface area is 351 Å². The highest BCUT2D eigenvalue weighted by Crippen LogP contribution is 2.42. The van der Waals surface area contributed by atoms with Gasteiger partial charge < -0.3 is 24.8 Å². The van der Waals surface area contributed by atoms with Crippen LogP contribution in [-0.4, -0.2) is 113 Å². The molecule has 1 aliphatic carbocycles. The Morgan fingerprint density at radius 3 is 2.37 bits per heavy atom. The van der Waals surface area contributed by atoms with Crippen LogP contribution < -0.4 is 25.2 Å². The highest BCUT2D eigenvalue weighted by atomic mass is 35.5. The van der Waals surface area contributed by atoms with Gasteiger partial charge in [-0.05, 0) is 88.1 Å². The zero-order chi connectivity index (χ0) is 41.7. The molecule has 1 atom stereocenters. The zero-order valence-corrected chi connectivity index (χ0v) is 33.8. The molecular weight excluding hydrogens is 793 g/mol. The van der Waals surface area contributed by atoms with Crippen molar-refractivity contribution in [3.63, 3.8) is 0 Å². The van der Waals surface area contributed by atoms with Gasteiger partial charge in [-0.2, -0.15) is 5.26 Å². The number of aromatic nitrogens is 2. The minimum Gasteiger partial charge on any atom is -0.490 e. The van der Waals surface area contributed by atoms with Crippen molar-refractivity contribution in [2.45, 2.75) is 76.0 Å². The lowest BCUT2D eigenvalue weighted by Crippen LogP contribution is -2.58. The molecule has 4 saturated heterocycles. The van der Waals surface area contributed by atoms with Crippen LogP contribution in [0, 0.1) is 28.5 Å². The van der Waals surface area contributed by atoms with Crippen molar-refractivity contribution < 1.29 is 33.1 Å². The summed E-state index contributed by atoms with van der Waals surface area (Å²) in [6, 6.07) is 8.59. The topological polar surface area (TPSA) is 181 Å². The molecule has 312 valence electrons. The molecule has 6 aliphatic rings. The van der Waals surface area contributed by atoms with Crippen LogP contribution in [0.25, 0.3) is 0 Å². The Balaban J connectivity index is 0.707. The van der Waals surface area contributed by atoms with E-state index in [9.17, 15) is 24.0 Å². The normalized spacial score (nSPS) is 24.3. The van der Waals surface area contributed by atoms with E-state index in [1.54, 1.807) is 30.6 Å². The number of hydrogen-bond donors (Lipinski definition) is 2. The number of imide groups is 2. The third-order valence-corrected chi connectivity index (χ3v) is 13.4. The van der Waals surface area contributed by atoms with Crippen molar-refractivity contribution in [1.29, 1.82) is 5.26 Å². The molecule has 5 aliphatic heterocycles. The first-order chi connectivity index (χ1) is 29.0. The first kappa shape index (κ1) is 39.8. The minimum absolute atomic E-state index is 0.00997. The van der Waals surface area contributed by atoms with Gasteiger partial charge in [0.15, 0.2) is 0 Å². The van der Waals surface area contributed by atoms with Crippen LogP contribution in [0.1, 0.15) is 94.6 Å². The van der Waals surface area contributed by atoms with Gasteiger partial charge in [0.2, 0.25) is 11.8 Å². The number of carbonyl (C=O) groups is 5. The molecule has 1 saturated carbocycles. The Hall–Kier alpha value is -5.66. The van der Waals surface area contributed by atoms with E-state index in [1.807, 2.05) is 11.0 Å². The average molecular weight is 838 g/mol. The number of likely N-dealkylation sites (tertiary alicyclic amines) is 1. The number of piperidine rings is 2. The lowest BCUT2D eigenvalue weighted by atomic mass is 9.79. The fourth-order valence-electron chi connectivity index (χ4n) is 9.85. The third kappa shape index (κ3) is 7.76. The number of nitrogens with zero attached hydrogens (tertiary/aromatic N) is 7. The van der Waals surface area contributed by atoms with Crippen LogP contribution in [0.15, 0.2) is 42.7 Å². The molecule has 9 rings (SSSR count). The molecule has 1 spiro atoms. The first-order valence-corrected chi connectivity index (χ1v) is 21.1. The Bertz CT molecular complexity index is 2280. The SMILES string of the molecule is N#Cc1ccc(OC2CCC(NC(=O)c3cnc(N4CC5(CCN(CC6CCN(c7cc8c(cc7F)C(=O)N(C7CCC(=O)NC7=O)C8=O)CC6)C5)C4)cn3)CC2)cc1Cl. The number of nitrogens with one attached hydrogen (secondary N) is 2. The van der Waals surface area contributed by atoms with E-state index in [4.69, 9.17) is 21.6 Å². The molecule has 5 fully saturated rings. The molecule has 0 radical (unpaired) electrons. The van der Waals surface area contributed by atoms with Crippen LogP contribution in [0.5, 0.6) is 5.75 Å². The Morgan fingerprint density at radius 1 is 0.933 bits per heavy atom. The summed E-state index contributed by atoms with van der Waals surface area (Å²) in [5.74, 6) is -1.49. The molecule has 17 heteroatoms. The van der Waals surface area contributed by atoms with E-state index >= 15 is 4.39 Å². The molecule has 3 aromatic rings. The summed E-state index contributed by atoms with van der Waals surface area (Å²) in [6.07, 6.45) is 9.23. The summed E-state index contributed by atoms with van der Waals surface area (Å²) < 4.78 is 21.5. The number of ether oxygens (including phenoxy) is 1. The molecule has 6 heterocycles. The fourth-order valence-corrected chi connectivity index (χ4v) is 10.1. The quantitative estimate of drug-likeness (QED) is 0.295. The van der Waals surface area contributed by atoms with E-state index < -0.39 is 35.5 Å². The summed E-state index contributed by atoms with van der Waals surface area (Å²) in [5, 5.41) is 14.7. The Kier molecular flexibility index (Phi) is 10.7. The number of carbonyl (C=O) groups excluding carboxylic acids is 5. The number of benzene rings is 2. The predicted molar refractivity (Wildman–Crippen MR) is 216 cm³/mol. The van der Waals surface area contributed by atoms with Crippen molar-refractivity contribution in [2.75, 3.05) is 55.6 Å². The van der Waals surface area contributed by atoms with Crippen molar-refractivity contribution in [3.05, 3.63) is 75.9 Å².